The van der Waals surface area contributed by atoms with Gasteiger partial charge >= 0.3 is 12.0 Å². The Balaban J connectivity index is 2.17. The van der Waals surface area contributed by atoms with Gasteiger partial charge in [0.15, 0.2) is 0 Å². The fourth-order valence-corrected chi connectivity index (χ4v) is 2.72. The maximum Gasteiger partial charge on any atom is 0.337 e. The molecule has 1 aromatic carbocycles. The van der Waals surface area contributed by atoms with Gasteiger partial charge in [-0.1, -0.05) is 26.0 Å². The van der Waals surface area contributed by atoms with Gasteiger partial charge in [0.1, 0.15) is 5.82 Å². The molecule has 1 aliphatic rings. The van der Waals surface area contributed by atoms with Gasteiger partial charge in [-0.05, 0) is 30.5 Å². The summed E-state index contributed by atoms with van der Waals surface area (Å²) < 4.78 is 18.2. The van der Waals surface area contributed by atoms with E-state index in [4.69, 9.17) is 4.74 Å². The smallest absolute Gasteiger partial charge is 0.337 e. The molecule has 0 radical (unpaired) electrons. The van der Waals surface area contributed by atoms with Crippen LogP contribution in [0, 0.1) is 11.7 Å². The molecule has 0 saturated carbocycles. The molecule has 0 saturated heterocycles. The zero-order valence-corrected chi connectivity index (χ0v) is 14.7. The molecule has 0 fully saturated rings. The average molecular weight is 349 g/mol. The minimum absolute atomic E-state index is 0.0525. The Morgan fingerprint density at radius 2 is 2.00 bits per heavy atom. The number of urea groups is 1. The molecule has 0 aromatic heterocycles. The van der Waals surface area contributed by atoms with Gasteiger partial charge in [0, 0.05) is 18.3 Å². The lowest BCUT2D eigenvalue weighted by molar-refractivity contribution is -0.138. The Bertz CT molecular complexity index is 656. The molecule has 3 N–H and O–H groups in total. The van der Waals surface area contributed by atoms with Crippen LogP contribution in [0.1, 0.15) is 32.4 Å². The van der Waals surface area contributed by atoms with E-state index in [0.29, 0.717) is 17.8 Å². The van der Waals surface area contributed by atoms with Gasteiger partial charge < -0.3 is 20.7 Å². The van der Waals surface area contributed by atoms with E-state index in [1.165, 1.54) is 12.1 Å². The SMILES string of the molecule is CCOC(=O)C1=C(CN[C@H](c2ccc(F)cc2)C(C)C)NC(=O)NC1. The summed E-state index contributed by atoms with van der Waals surface area (Å²) in [4.78, 5) is 23.7. The summed E-state index contributed by atoms with van der Waals surface area (Å²) in [5, 5.41) is 8.58. The van der Waals surface area contributed by atoms with E-state index in [2.05, 4.69) is 16.0 Å². The number of carbonyl (C=O) groups is 2. The highest BCUT2D eigenvalue weighted by Crippen LogP contribution is 2.22. The molecule has 25 heavy (non-hydrogen) atoms. The summed E-state index contributed by atoms with van der Waals surface area (Å²) >= 11 is 0. The minimum Gasteiger partial charge on any atom is -0.463 e. The third kappa shape index (κ3) is 5.03. The number of carbonyl (C=O) groups excluding carboxylic acids is 2. The van der Waals surface area contributed by atoms with Crippen LogP contribution in [-0.4, -0.2) is 31.7 Å². The first-order chi connectivity index (χ1) is 11.9. The molecule has 0 bridgehead atoms. The zero-order chi connectivity index (χ0) is 18.4. The fourth-order valence-electron chi connectivity index (χ4n) is 2.72. The highest BCUT2D eigenvalue weighted by molar-refractivity contribution is 5.93. The van der Waals surface area contributed by atoms with Gasteiger partial charge in [0.05, 0.1) is 18.7 Å². The van der Waals surface area contributed by atoms with Crippen molar-refractivity contribution < 1.29 is 18.7 Å². The zero-order valence-electron chi connectivity index (χ0n) is 14.7. The van der Waals surface area contributed by atoms with Crippen molar-refractivity contribution >= 4 is 12.0 Å². The summed E-state index contributed by atoms with van der Waals surface area (Å²) in [6.07, 6.45) is 0. The van der Waals surface area contributed by atoms with E-state index in [1.54, 1.807) is 19.1 Å². The fraction of sp³-hybridized carbons (Fsp3) is 0.444. The summed E-state index contributed by atoms with van der Waals surface area (Å²) in [6, 6.07) is 5.89. The molecule has 1 atom stereocenters. The van der Waals surface area contributed by atoms with Crippen molar-refractivity contribution in [1.29, 1.82) is 0 Å². The van der Waals surface area contributed by atoms with Crippen LogP contribution in [0.2, 0.25) is 0 Å². The van der Waals surface area contributed by atoms with Gasteiger partial charge in [-0.2, -0.15) is 0 Å². The molecule has 7 heteroatoms. The van der Waals surface area contributed by atoms with Gasteiger partial charge in [-0.3, -0.25) is 0 Å². The predicted octanol–water partition coefficient (Wildman–Crippen LogP) is 2.24. The van der Waals surface area contributed by atoms with Crippen LogP contribution < -0.4 is 16.0 Å². The number of hydrogen-bond donors (Lipinski definition) is 3. The number of amides is 2. The van der Waals surface area contributed by atoms with Crippen molar-refractivity contribution in [2.75, 3.05) is 19.7 Å². The Hall–Kier alpha value is -2.41. The Labute approximate surface area is 146 Å². The third-order valence-electron chi connectivity index (χ3n) is 3.97. The van der Waals surface area contributed by atoms with Crippen LogP contribution in [0.25, 0.3) is 0 Å². The van der Waals surface area contributed by atoms with E-state index in [-0.39, 0.29) is 37.0 Å². The van der Waals surface area contributed by atoms with Crippen LogP contribution in [0.5, 0.6) is 0 Å². The summed E-state index contributed by atoms with van der Waals surface area (Å²) in [5.74, 6) is -0.506. The van der Waals surface area contributed by atoms with E-state index in [9.17, 15) is 14.0 Å². The van der Waals surface area contributed by atoms with E-state index in [0.717, 1.165) is 5.56 Å². The van der Waals surface area contributed by atoms with Gasteiger partial charge in [-0.15, -0.1) is 0 Å². The maximum atomic E-state index is 13.1. The van der Waals surface area contributed by atoms with Crippen molar-refractivity contribution in [2.45, 2.75) is 26.8 Å². The first-order valence-corrected chi connectivity index (χ1v) is 8.35. The van der Waals surface area contributed by atoms with Crippen molar-refractivity contribution in [1.82, 2.24) is 16.0 Å². The highest BCUT2D eigenvalue weighted by atomic mass is 19.1. The number of ether oxygens (including phenoxy) is 1. The number of nitrogens with one attached hydrogen (secondary N) is 3. The van der Waals surface area contributed by atoms with Gasteiger partial charge in [-0.25, -0.2) is 14.0 Å². The number of hydrogen-bond acceptors (Lipinski definition) is 4. The normalized spacial score (nSPS) is 15.6. The molecule has 1 heterocycles. The molecule has 0 aliphatic carbocycles. The van der Waals surface area contributed by atoms with Gasteiger partial charge in [0.25, 0.3) is 0 Å². The average Bonchev–Trinajstić information content (AvgIpc) is 2.56. The van der Waals surface area contributed by atoms with Crippen molar-refractivity contribution in [3.05, 3.63) is 46.9 Å². The van der Waals surface area contributed by atoms with E-state index < -0.39 is 5.97 Å². The van der Waals surface area contributed by atoms with Crippen molar-refractivity contribution in [3.63, 3.8) is 0 Å². The second-order valence-corrected chi connectivity index (χ2v) is 6.14. The number of halogens is 1. The van der Waals surface area contributed by atoms with Crippen LogP contribution in [-0.2, 0) is 9.53 Å². The lowest BCUT2D eigenvalue weighted by atomic mass is 9.95. The quantitative estimate of drug-likeness (QED) is 0.660. The molecule has 1 aromatic rings. The summed E-state index contributed by atoms with van der Waals surface area (Å²) in [6.45, 7) is 6.51. The summed E-state index contributed by atoms with van der Waals surface area (Å²) in [7, 11) is 0. The minimum atomic E-state index is -0.449. The number of esters is 1. The molecular weight excluding hydrogens is 325 g/mol. The second kappa shape index (κ2) is 8.62. The van der Waals surface area contributed by atoms with Crippen LogP contribution in [0.15, 0.2) is 35.5 Å². The first-order valence-electron chi connectivity index (χ1n) is 8.35. The number of rotatable bonds is 7. The van der Waals surface area contributed by atoms with Crippen molar-refractivity contribution in [2.24, 2.45) is 5.92 Å². The lowest BCUT2D eigenvalue weighted by Gasteiger charge is -2.26. The van der Waals surface area contributed by atoms with Gasteiger partial charge in [0.2, 0.25) is 0 Å². The van der Waals surface area contributed by atoms with Crippen molar-refractivity contribution in [3.8, 4) is 0 Å². The van der Waals surface area contributed by atoms with Crippen LogP contribution in [0.4, 0.5) is 9.18 Å². The molecule has 136 valence electrons. The Morgan fingerprint density at radius 1 is 1.32 bits per heavy atom. The predicted molar refractivity (Wildman–Crippen MR) is 92.2 cm³/mol. The molecule has 2 amide bonds. The third-order valence-corrected chi connectivity index (χ3v) is 3.97. The highest BCUT2D eigenvalue weighted by Gasteiger charge is 2.25. The second-order valence-electron chi connectivity index (χ2n) is 6.14. The van der Waals surface area contributed by atoms with Crippen LogP contribution in [0.3, 0.4) is 0 Å². The van der Waals surface area contributed by atoms with E-state index >= 15 is 0 Å². The Kier molecular flexibility index (Phi) is 6.52. The van der Waals surface area contributed by atoms with Crippen LogP contribution >= 0.6 is 0 Å². The monoisotopic (exact) mass is 349 g/mol. The molecule has 0 unspecified atom stereocenters. The molecule has 2 rings (SSSR count). The topological polar surface area (TPSA) is 79.5 Å². The largest absolute Gasteiger partial charge is 0.463 e. The molecule has 1 aliphatic heterocycles. The standard InChI is InChI=1S/C18H24FN3O3/c1-4-25-17(23)14-9-21-18(24)22-15(14)10-20-16(11(2)3)12-5-7-13(19)8-6-12/h5-8,11,16,20H,4,9-10H2,1-3H3,(H2,21,22,24)/t16-/m0/s1. The molecule has 6 nitrogen and oxygen atoms in total. The molecular formula is C18H24FN3O3. The maximum absolute atomic E-state index is 13.1. The molecule has 0 spiro atoms. The lowest BCUT2D eigenvalue weighted by Crippen LogP contribution is -2.46. The Morgan fingerprint density at radius 3 is 2.60 bits per heavy atom. The number of benzene rings is 1. The summed E-state index contributed by atoms with van der Waals surface area (Å²) in [5.41, 5.74) is 1.83. The van der Waals surface area contributed by atoms with E-state index in [1.807, 2.05) is 13.8 Å². The first kappa shape index (κ1) is 18.9.